The number of rotatable bonds is 3. The van der Waals surface area contributed by atoms with Crippen molar-refractivity contribution in [1.82, 2.24) is 9.55 Å². The number of imidazole rings is 1. The van der Waals surface area contributed by atoms with Gasteiger partial charge in [0.2, 0.25) is 9.84 Å². The highest BCUT2D eigenvalue weighted by atomic mass is 32.2. The van der Waals surface area contributed by atoms with Gasteiger partial charge < -0.3 is 10.1 Å². The fourth-order valence-electron chi connectivity index (χ4n) is 2.17. The number of aromatic nitrogens is 2. The third-order valence-electron chi connectivity index (χ3n) is 2.92. The smallest absolute Gasteiger partial charge is 0.358 e. The molecule has 0 amide bonds. The summed E-state index contributed by atoms with van der Waals surface area (Å²) in [6, 6.07) is 0.0147. The lowest BCUT2D eigenvalue weighted by molar-refractivity contribution is -0.389. The number of hydrogen-bond acceptors (Lipinski definition) is 5. The summed E-state index contributed by atoms with van der Waals surface area (Å²) >= 11 is 0. The first-order valence-electron chi connectivity index (χ1n) is 5.33. The predicted octanol–water partition coefficient (Wildman–Crippen LogP) is 1.31. The molecule has 0 unspecified atom stereocenters. The van der Waals surface area contributed by atoms with Gasteiger partial charge in [-0.15, -0.1) is 0 Å². The Balaban J connectivity index is 2.51. The lowest BCUT2D eigenvalue weighted by Gasteiger charge is -2.10. The van der Waals surface area contributed by atoms with Gasteiger partial charge in [-0.1, -0.05) is 12.8 Å². The standard InChI is InChI=1S/C9H13N3O4S/c1-17(15,16)9-10-8(12(13)14)6-11(9)7-4-2-3-5-7/h6-7H,2-5H2,1H3. The molecule has 1 fully saturated rings. The van der Waals surface area contributed by atoms with E-state index in [2.05, 4.69) is 4.98 Å². The van der Waals surface area contributed by atoms with Crippen LogP contribution in [0.1, 0.15) is 31.7 Å². The van der Waals surface area contributed by atoms with E-state index < -0.39 is 20.6 Å². The Labute approximate surface area is 98.5 Å². The molecule has 0 radical (unpaired) electrons. The molecule has 1 heterocycles. The van der Waals surface area contributed by atoms with Crippen molar-refractivity contribution >= 4 is 15.7 Å². The largest absolute Gasteiger partial charge is 0.383 e. The van der Waals surface area contributed by atoms with Crippen molar-refractivity contribution in [2.75, 3.05) is 6.26 Å². The van der Waals surface area contributed by atoms with E-state index in [9.17, 15) is 18.5 Å². The van der Waals surface area contributed by atoms with Crippen LogP contribution in [-0.2, 0) is 9.84 Å². The molecule has 1 aliphatic rings. The average Bonchev–Trinajstić information content (AvgIpc) is 2.85. The van der Waals surface area contributed by atoms with Crippen molar-refractivity contribution in [2.45, 2.75) is 36.9 Å². The second-order valence-corrected chi connectivity index (χ2v) is 6.17. The van der Waals surface area contributed by atoms with Crippen LogP contribution in [0.4, 0.5) is 5.82 Å². The van der Waals surface area contributed by atoms with Gasteiger partial charge in [0.15, 0.2) is 0 Å². The number of nitrogens with zero attached hydrogens (tertiary/aromatic N) is 3. The Morgan fingerprint density at radius 3 is 2.53 bits per heavy atom. The van der Waals surface area contributed by atoms with Crippen molar-refractivity contribution in [3.05, 3.63) is 16.3 Å². The van der Waals surface area contributed by atoms with E-state index in [4.69, 9.17) is 0 Å². The summed E-state index contributed by atoms with van der Waals surface area (Å²) < 4.78 is 24.5. The van der Waals surface area contributed by atoms with Crippen LogP contribution in [-0.4, -0.2) is 29.1 Å². The fourth-order valence-corrected chi connectivity index (χ4v) is 3.01. The van der Waals surface area contributed by atoms with E-state index in [-0.39, 0.29) is 11.2 Å². The van der Waals surface area contributed by atoms with Crippen LogP contribution in [0.3, 0.4) is 0 Å². The zero-order valence-corrected chi connectivity index (χ0v) is 10.2. The average molecular weight is 259 g/mol. The first-order chi connectivity index (χ1) is 7.89. The third-order valence-corrected chi connectivity index (χ3v) is 3.89. The zero-order chi connectivity index (χ0) is 12.6. The maximum Gasteiger partial charge on any atom is 0.383 e. The Morgan fingerprint density at radius 1 is 1.47 bits per heavy atom. The van der Waals surface area contributed by atoms with Crippen molar-refractivity contribution in [2.24, 2.45) is 0 Å². The van der Waals surface area contributed by atoms with Gasteiger partial charge in [0.05, 0.1) is 0 Å². The van der Waals surface area contributed by atoms with Crippen LogP contribution < -0.4 is 0 Å². The minimum absolute atomic E-state index is 0.0147. The molecule has 0 bridgehead atoms. The van der Waals surface area contributed by atoms with E-state index >= 15 is 0 Å². The van der Waals surface area contributed by atoms with E-state index in [1.807, 2.05) is 0 Å². The van der Waals surface area contributed by atoms with Crippen LogP contribution >= 0.6 is 0 Å². The highest BCUT2D eigenvalue weighted by Gasteiger charge is 2.31. The fraction of sp³-hybridized carbons (Fsp3) is 0.667. The van der Waals surface area contributed by atoms with Gasteiger partial charge in [-0.3, -0.25) is 4.57 Å². The molecule has 1 aromatic rings. The molecule has 0 aromatic carbocycles. The highest BCUT2D eigenvalue weighted by Crippen LogP contribution is 2.32. The molecule has 0 N–H and O–H groups in total. The number of nitro groups is 1. The van der Waals surface area contributed by atoms with Gasteiger partial charge in [-0.2, -0.15) is 0 Å². The summed E-state index contributed by atoms with van der Waals surface area (Å²) in [5.41, 5.74) is 0. The molecule has 0 saturated heterocycles. The van der Waals surface area contributed by atoms with Crippen LogP contribution in [0.15, 0.2) is 11.4 Å². The summed E-state index contributed by atoms with van der Waals surface area (Å²) in [5, 5.41) is 10.4. The molecule has 0 atom stereocenters. The summed E-state index contributed by atoms with van der Waals surface area (Å²) in [4.78, 5) is 13.6. The molecular formula is C9H13N3O4S. The molecule has 1 aromatic heterocycles. The molecule has 17 heavy (non-hydrogen) atoms. The van der Waals surface area contributed by atoms with Gasteiger partial charge >= 0.3 is 11.0 Å². The predicted molar refractivity (Wildman–Crippen MR) is 59.5 cm³/mol. The van der Waals surface area contributed by atoms with Crippen LogP contribution in [0.5, 0.6) is 0 Å². The first kappa shape index (κ1) is 12.0. The first-order valence-corrected chi connectivity index (χ1v) is 7.22. The molecule has 1 saturated carbocycles. The summed E-state index contributed by atoms with van der Waals surface area (Å²) in [7, 11) is -3.54. The molecule has 94 valence electrons. The van der Waals surface area contributed by atoms with Gasteiger partial charge in [-0.05, 0) is 22.7 Å². The van der Waals surface area contributed by atoms with Crippen molar-refractivity contribution < 1.29 is 13.3 Å². The van der Waals surface area contributed by atoms with Gasteiger partial charge in [0.1, 0.15) is 6.20 Å². The lowest BCUT2D eigenvalue weighted by atomic mass is 10.2. The van der Waals surface area contributed by atoms with Crippen LogP contribution in [0, 0.1) is 10.1 Å². The second kappa shape index (κ2) is 4.10. The molecule has 0 spiro atoms. The number of sulfone groups is 1. The van der Waals surface area contributed by atoms with Crippen molar-refractivity contribution in [1.29, 1.82) is 0 Å². The van der Waals surface area contributed by atoms with Crippen LogP contribution in [0.2, 0.25) is 0 Å². The van der Waals surface area contributed by atoms with E-state index in [0.29, 0.717) is 0 Å². The van der Waals surface area contributed by atoms with Gasteiger partial charge in [0, 0.05) is 12.3 Å². The molecule has 1 aliphatic carbocycles. The summed E-state index contributed by atoms with van der Waals surface area (Å²) in [5.74, 6) is -0.405. The zero-order valence-electron chi connectivity index (χ0n) is 9.37. The SMILES string of the molecule is CS(=O)(=O)c1nc([N+](=O)[O-])cn1C1CCCC1. The summed E-state index contributed by atoms with van der Waals surface area (Å²) in [6.07, 6.45) is 5.96. The third kappa shape index (κ3) is 2.31. The minimum Gasteiger partial charge on any atom is -0.358 e. The molecular weight excluding hydrogens is 246 g/mol. The Morgan fingerprint density at radius 2 is 2.06 bits per heavy atom. The van der Waals surface area contributed by atoms with E-state index in [0.717, 1.165) is 31.9 Å². The molecule has 8 heteroatoms. The minimum atomic E-state index is -3.54. The van der Waals surface area contributed by atoms with E-state index in [1.54, 1.807) is 0 Å². The lowest BCUT2D eigenvalue weighted by Crippen LogP contribution is -2.12. The highest BCUT2D eigenvalue weighted by molar-refractivity contribution is 7.90. The van der Waals surface area contributed by atoms with Crippen molar-refractivity contribution in [3.8, 4) is 0 Å². The topological polar surface area (TPSA) is 95.1 Å². The monoisotopic (exact) mass is 259 g/mol. The number of hydrogen-bond donors (Lipinski definition) is 0. The Bertz CT molecular complexity index is 543. The van der Waals surface area contributed by atoms with Crippen molar-refractivity contribution in [3.63, 3.8) is 0 Å². The Hall–Kier alpha value is -1.44. The molecule has 7 nitrogen and oxygen atoms in total. The summed E-state index contributed by atoms with van der Waals surface area (Å²) in [6.45, 7) is 0. The van der Waals surface area contributed by atoms with Gasteiger partial charge in [0.25, 0.3) is 0 Å². The maximum absolute atomic E-state index is 11.5. The van der Waals surface area contributed by atoms with Crippen LogP contribution in [0.25, 0.3) is 0 Å². The Kier molecular flexibility index (Phi) is 2.90. The maximum atomic E-state index is 11.5. The molecule has 0 aliphatic heterocycles. The molecule has 2 rings (SSSR count). The van der Waals surface area contributed by atoms with E-state index in [1.165, 1.54) is 10.8 Å². The normalized spacial score (nSPS) is 17.5. The quantitative estimate of drug-likeness (QED) is 0.602. The van der Waals surface area contributed by atoms with Gasteiger partial charge in [-0.25, -0.2) is 8.42 Å². The second-order valence-electron chi connectivity index (χ2n) is 4.26.